The van der Waals surface area contributed by atoms with Crippen LogP contribution in [0.25, 0.3) is 0 Å². The van der Waals surface area contributed by atoms with Crippen LogP contribution < -0.4 is 5.32 Å². The van der Waals surface area contributed by atoms with Gasteiger partial charge in [-0.15, -0.1) is 0 Å². The molecule has 3 saturated heterocycles. The van der Waals surface area contributed by atoms with Crippen molar-refractivity contribution in [3.05, 3.63) is 0 Å². The molecule has 3 aliphatic heterocycles. The second-order valence-corrected chi connectivity index (χ2v) is 4.97. The van der Waals surface area contributed by atoms with Crippen molar-refractivity contribution < 1.29 is 9.47 Å². The molecule has 0 aliphatic carbocycles. The minimum absolute atomic E-state index is 0.523. The van der Waals surface area contributed by atoms with Gasteiger partial charge < -0.3 is 14.8 Å². The normalized spacial score (nSPS) is 33.4. The molecule has 3 heterocycles. The van der Waals surface area contributed by atoms with E-state index in [0.29, 0.717) is 5.41 Å². The van der Waals surface area contributed by atoms with Crippen LogP contribution in [-0.4, -0.2) is 39.5 Å². The summed E-state index contributed by atoms with van der Waals surface area (Å²) in [5, 5.41) is 3.39. The average Bonchev–Trinajstić information content (AvgIpc) is 2.09. The number of hydrogen-bond donors (Lipinski definition) is 1. The van der Waals surface area contributed by atoms with Gasteiger partial charge in [-0.2, -0.15) is 0 Å². The molecule has 3 rings (SSSR count). The Morgan fingerprint density at radius 2 is 1.64 bits per heavy atom. The molecule has 0 saturated carbocycles. The van der Waals surface area contributed by atoms with Crippen LogP contribution in [0.4, 0.5) is 0 Å². The zero-order valence-electron chi connectivity index (χ0n) is 8.63. The Labute approximate surface area is 85.1 Å². The van der Waals surface area contributed by atoms with Gasteiger partial charge in [-0.05, 0) is 37.8 Å². The van der Waals surface area contributed by atoms with Gasteiger partial charge in [0.2, 0.25) is 0 Å². The standard InChI is InChI=1S/C11H19NO2/c1-3-13-4-2-9(1)11(7-14-8-11)10-5-12-6-10/h9-10,12H,1-8H2. The van der Waals surface area contributed by atoms with Crippen LogP contribution in [0.1, 0.15) is 12.8 Å². The Kier molecular flexibility index (Phi) is 2.26. The number of nitrogens with one attached hydrogen (secondary N) is 1. The van der Waals surface area contributed by atoms with E-state index in [0.717, 1.165) is 38.3 Å². The first-order valence-corrected chi connectivity index (χ1v) is 5.78. The lowest BCUT2D eigenvalue weighted by Crippen LogP contribution is -2.63. The van der Waals surface area contributed by atoms with Crippen molar-refractivity contribution in [2.45, 2.75) is 12.8 Å². The van der Waals surface area contributed by atoms with Gasteiger partial charge in [-0.25, -0.2) is 0 Å². The van der Waals surface area contributed by atoms with Crippen molar-refractivity contribution in [3.63, 3.8) is 0 Å². The summed E-state index contributed by atoms with van der Waals surface area (Å²) >= 11 is 0. The molecule has 0 atom stereocenters. The quantitative estimate of drug-likeness (QED) is 0.705. The van der Waals surface area contributed by atoms with E-state index in [-0.39, 0.29) is 0 Å². The lowest BCUT2D eigenvalue weighted by Gasteiger charge is -2.56. The van der Waals surface area contributed by atoms with Crippen molar-refractivity contribution in [3.8, 4) is 0 Å². The van der Waals surface area contributed by atoms with Crippen LogP contribution >= 0.6 is 0 Å². The minimum Gasteiger partial charge on any atom is -0.381 e. The van der Waals surface area contributed by atoms with Crippen molar-refractivity contribution in [1.82, 2.24) is 5.32 Å². The van der Waals surface area contributed by atoms with Crippen LogP contribution in [0.15, 0.2) is 0 Å². The van der Waals surface area contributed by atoms with E-state index in [2.05, 4.69) is 5.32 Å². The first-order valence-electron chi connectivity index (χ1n) is 5.78. The molecular formula is C11H19NO2. The van der Waals surface area contributed by atoms with E-state index >= 15 is 0 Å². The van der Waals surface area contributed by atoms with Crippen LogP contribution in [0.5, 0.6) is 0 Å². The summed E-state index contributed by atoms with van der Waals surface area (Å²) in [5.74, 6) is 1.73. The van der Waals surface area contributed by atoms with E-state index in [4.69, 9.17) is 9.47 Å². The van der Waals surface area contributed by atoms with Gasteiger partial charge in [0, 0.05) is 18.6 Å². The summed E-state index contributed by atoms with van der Waals surface area (Å²) in [5.41, 5.74) is 0.523. The molecule has 0 radical (unpaired) electrons. The summed E-state index contributed by atoms with van der Waals surface area (Å²) in [6.45, 7) is 6.36. The highest BCUT2D eigenvalue weighted by molar-refractivity contribution is 5.02. The molecule has 0 amide bonds. The maximum atomic E-state index is 5.48. The summed E-state index contributed by atoms with van der Waals surface area (Å²) in [6.07, 6.45) is 2.50. The summed E-state index contributed by atoms with van der Waals surface area (Å²) < 4.78 is 10.9. The van der Waals surface area contributed by atoms with Crippen molar-refractivity contribution in [1.29, 1.82) is 0 Å². The highest BCUT2D eigenvalue weighted by Crippen LogP contribution is 2.48. The van der Waals surface area contributed by atoms with Gasteiger partial charge in [-0.1, -0.05) is 0 Å². The molecule has 3 fully saturated rings. The summed E-state index contributed by atoms with van der Waals surface area (Å²) in [6, 6.07) is 0. The molecule has 80 valence electrons. The molecule has 1 N–H and O–H groups in total. The SMILES string of the molecule is C1CC(C2(C3CNC3)COC2)CCO1. The first-order chi connectivity index (χ1) is 6.92. The number of hydrogen-bond acceptors (Lipinski definition) is 3. The molecular weight excluding hydrogens is 178 g/mol. The van der Waals surface area contributed by atoms with Crippen LogP contribution in [0.3, 0.4) is 0 Å². The largest absolute Gasteiger partial charge is 0.381 e. The molecule has 0 spiro atoms. The highest BCUT2D eigenvalue weighted by Gasteiger charge is 2.52. The smallest absolute Gasteiger partial charge is 0.0551 e. The molecule has 3 heteroatoms. The van der Waals surface area contributed by atoms with Gasteiger partial charge in [-0.3, -0.25) is 0 Å². The Hall–Kier alpha value is -0.120. The van der Waals surface area contributed by atoms with Crippen LogP contribution in [-0.2, 0) is 9.47 Å². The predicted molar refractivity (Wildman–Crippen MR) is 53.2 cm³/mol. The number of ether oxygens (including phenoxy) is 2. The maximum absolute atomic E-state index is 5.48. The fraction of sp³-hybridized carbons (Fsp3) is 1.00. The van der Waals surface area contributed by atoms with Gasteiger partial charge in [0.1, 0.15) is 0 Å². The van der Waals surface area contributed by atoms with E-state index in [1.54, 1.807) is 0 Å². The predicted octanol–water partition coefficient (Wildman–Crippen LogP) is 0.649. The van der Waals surface area contributed by atoms with E-state index in [9.17, 15) is 0 Å². The first kappa shape index (κ1) is 9.13. The van der Waals surface area contributed by atoms with Crippen molar-refractivity contribution >= 4 is 0 Å². The fourth-order valence-corrected chi connectivity index (χ4v) is 3.11. The molecule has 0 bridgehead atoms. The fourth-order valence-electron chi connectivity index (χ4n) is 3.11. The average molecular weight is 197 g/mol. The maximum Gasteiger partial charge on any atom is 0.0551 e. The molecule has 0 aromatic heterocycles. The molecule has 0 unspecified atom stereocenters. The third-order valence-electron chi connectivity index (χ3n) is 4.37. The molecule has 0 aromatic carbocycles. The second kappa shape index (κ2) is 3.47. The molecule has 3 nitrogen and oxygen atoms in total. The zero-order valence-corrected chi connectivity index (χ0v) is 8.63. The Bertz CT molecular complexity index is 205. The molecule has 14 heavy (non-hydrogen) atoms. The van der Waals surface area contributed by atoms with Gasteiger partial charge in [0.15, 0.2) is 0 Å². The second-order valence-electron chi connectivity index (χ2n) is 4.97. The Morgan fingerprint density at radius 1 is 0.929 bits per heavy atom. The van der Waals surface area contributed by atoms with Gasteiger partial charge in [0.05, 0.1) is 13.2 Å². The van der Waals surface area contributed by atoms with Gasteiger partial charge >= 0.3 is 0 Å². The lowest BCUT2D eigenvalue weighted by molar-refractivity contribution is -0.200. The van der Waals surface area contributed by atoms with E-state index in [1.165, 1.54) is 25.9 Å². The monoisotopic (exact) mass is 197 g/mol. The topological polar surface area (TPSA) is 30.5 Å². The Balaban J connectivity index is 1.71. The van der Waals surface area contributed by atoms with E-state index < -0.39 is 0 Å². The Morgan fingerprint density at radius 3 is 2.07 bits per heavy atom. The third-order valence-corrected chi connectivity index (χ3v) is 4.37. The highest BCUT2D eigenvalue weighted by atomic mass is 16.5. The van der Waals surface area contributed by atoms with Gasteiger partial charge in [0.25, 0.3) is 0 Å². The summed E-state index contributed by atoms with van der Waals surface area (Å²) in [7, 11) is 0. The molecule has 3 aliphatic rings. The van der Waals surface area contributed by atoms with Crippen molar-refractivity contribution in [2.24, 2.45) is 17.3 Å². The van der Waals surface area contributed by atoms with E-state index in [1.807, 2.05) is 0 Å². The van der Waals surface area contributed by atoms with Crippen molar-refractivity contribution in [2.75, 3.05) is 39.5 Å². The number of rotatable bonds is 2. The summed E-state index contributed by atoms with van der Waals surface area (Å²) in [4.78, 5) is 0. The third kappa shape index (κ3) is 1.23. The molecule has 0 aromatic rings. The zero-order chi connectivity index (χ0) is 9.43. The van der Waals surface area contributed by atoms with Crippen LogP contribution in [0, 0.1) is 17.3 Å². The van der Waals surface area contributed by atoms with Crippen LogP contribution in [0.2, 0.25) is 0 Å². The minimum atomic E-state index is 0.523. The lowest BCUT2D eigenvalue weighted by atomic mass is 9.61.